The van der Waals surface area contributed by atoms with Crippen LogP contribution in [-0.4, -0.2) is 14.8 Å². The first-order chi connectivity index (χ1) is 6.27. The molecule has 1 heterocycles. The fourth-order valence-corrected chi connectivity index (χ4v) is 1.18. The van der Waals surface area contributed by atoms with Gasteiger partial charge in [-0.3, -0.25) is 0 Å². The van der Waals surface area contributed by atoms with Crippen LogP contribution in [0.1, 0.15) is 5.56 Å². The zero-order valence-electron chi connectivity index (χ0n) is 7.31. The minimum Gasteiger partial charge on any atom is -0.397 e. The number of nitrogen functional groups attached to an aromatic ring is 1. The molecule has 0 saturated carbocycles. The Balaban J connectivity index is 2.57. The van der Waals surface area contributed by atoms with Crippen LogP contribution < -0.4 is 5.73 Å². The number of nitrogens with two attached hydrogens (primary N) is 1. The number of hydrogen-bond donors (Lipinski definition) is 1. The maximum absolute atomic E-state index is 5.79. The summed E-state index contributed by atoms with van der Waals surface area (Å²) in [6, 6.07) is 5.81. The van der Waals surface area contributed by atoms with Crippen LogP contribution in [0.5, 0.6) is 0 Å². The van der Waals surface area contributed by atoms with Crippen LogP contribution in [0.15, 0.2) is 30.9 Å². The fourth-order valence-electron chi connectivity index (χ4n) is 1.18. The van der Waals surface area contributed by atoms with Crippen molar-refractivity contribution in [3.63, 3.8) is 0 Å². The molecule has 0 bridgehead atoms. The van der Waals surface area contributed by atoms with E-state index in [1.54, 1.807) is 11.0 Å². The lowest BCUT2D eigenvalue weighted by molar-refractivity contribution is 0.880. The van der Waals surface area contributed by atoms with Crippen molar-refractivity contribution in [1.82, 2.24) is 14.8 Å². The summed E-state index contributed by atoms with van der Waals surface area (Å²) >= 11 is 0. The van der Waals surface area contributed by atoms with Gasteiger partial charge in [0.25, 0.3) is 0 Å². The predicted molar refractivity (Wildman–Crippen MR) is 50.5 cm³/mol. The van der Waals surface area contributed by atoms with E-state index in [1.165, 1.54) is 6.33 Å². The highest BCUT2D eigenvalue weighted by Gasteiger charge is 2.01. The van der Waals surface area contributed by atoms with Gasteiger partial charge in [0.2, 0.25) is 0 Å². The van der Waals surface area contributed by atoms with Gasteiger partial charge in [-0.25, -0.2) is 9.67 Å². The monoisotopic (exact) mass is 174 g/mol. The summed E-state index contributed by atoms with van der Waals surface area (Å²) in [5.41, 5.74) is 8.52. The molecule has 0 fully saturated rings. The minimum atomic E-state index is 0.705. The smallest absolute Gasteiger partial charge is 0.138 e. The standard InChI is InChI=1S/C9H10N4/c1-7-2-3-8(10)9(4-7)13-6-11-5-12-13/h2-6H,10H2,1H3. The molecule has 0 radical (unpaired) electrons. The van der Waals surface area contributed by atoms with Crippen LogP contribution in [0.25, 0.3) is 5.69 Å². The summed E-state index contributed by atoms with van der Waals surface area (Å²) in [7, 11) is 0. The quantitative estimate of drug-likeness (QED) is 0.660. The molecule has 0 saturated heterocycles. The zero-order chi connectivity index (χ0) is 9.26. The Hall–Kier alpha value is -1.84. The lowest BCUT2D eigenvalue weighted by Gasteiger charge is -2.05. The Morgan fingerprint density at radius 3 is 2.92 bits per heavy atom. The second kappa shape index (κ2) is 2.90. The Morgan fingerprint density at radius 2 is 2.23 bits per heavy atom. The van der Waals surface area contributed by atoms with Crippen molar-refractivity contribution in [3.05, 3.63) is 36.4 Å². The van der Waals surface area contributed by atoms with Gasteiger partial charge in [-0.1, -0.05) is 6.07 Å². The Kier molecular flexibility index (Phi) is 1.73. The summed E-state index contributed by atoms with van der Waals surface area (Å²) in [4.78, 5) is 3.87. The summed E-state index contributed by atoms with van der Waals surface area (Å²) in [6.45, 7) is 2.01. The lowest BCUT2D eigenvalue weighted by atomic mass is 10.2. The van der Waals surface area contributed by atoms with Crippen molar-refractivity contribution < 1.29 is 0 Å². The van der Waals surface area contributed by atoms with E-state index in [1.807, 2.05) is 25.1 Å². The molecule has 0 aliphatic heterocycles. The molecular formula is C9H10N4. The molecule has 2 rings (SSSR count). The first-order valence-electron chi connectivity index (χ1n) is 3.98. The van der Waals surface area contributed by atoms with Crippen LogP contribution in [-0.2, 0) is 0 Å². The van der Waals surface area contributed by atoms with Crippen molar-refractivity contribution in [3.8, 4) is 5.69 Å². The van der Waals surface area contributed by atoms with Crippen LogP contribution in [0.2, 0.25) is 0 Å². The number of nitrogens with zero attached hydrogens (tertiary/aromatic N) is 3. The number of aryl methyl sites for hydroxylation is 1. The van der Waals surface area contributed by atoms with Crippen LogP contribution in [0.4, 0.5) is 5.69 Å². The molecule has 66 valence electrons. The zero-order valence-corrected chi connectivity index (χ0v) is 7.31. The molecule has 13 heavy (non-hydrogen) atoms. The highest BCUT2D eigenvalue weighted by atomic mass is 15.3. The van der Waals surface area contributed by atoms with Crippen molar-refractivity contribution in [2.24, 2.45) is 0 Å². The predicted octanol–water partition coefficient (Wildman–Crippen LogP) is 1.16. The number of hydrogen-bond acceptors (Lipinski definition) is 3. The SMILES string of the molecule is Cc1ccc(N)c(-n2cncn2)c1. The second-order valence-electron chi connectivity index (χ2n) is 2.90. The van der Waals surface area contributed by atoms with Crippen molar-refractivity contribution >= 4 is 5.69 Å². The molecule has 1 aromatic heterocycles. The van der Waals surface area contributed by atoms with Crippen molar-refractivity contribution in [2.75, 3.05) is 5.73 Å². The maximum atomic E-state index is 5.79. The molecule has 0 aliphatic rings. The largest absolute Gasteiger partial charge is 0.397 e. The molecule has 2 N–H and O–H groups in total. The Labute approximate surface area is 76.0 Å². The highest BCUT2D eigenvalue weighted by Crippen LogP contribution is 2.16. The number of aromatic nitrogens is 3. The van der Waals surface area contributed by atoms with E-state index in [2.05, 4.69) is 10.1 Å². The molecule has 0 amide bonds. The van der Waals surface area contributed by atoms with Gasteiger partial charge in [0, 0.05) is 0 Å². The van der Waals surface area contributed by atoms with E-state index in [0.717, 1.165) is 11.3 Å². The van der Waals surface area contributed by atoms with Gasteiger partial charge in [0.15, 0.2) is 0 Å². The van der Waals surface area contributed by atoms with Gasteiger partial charge in [-0.15, -0.1) is 0 Å². The molecule has 0 aliphatic carbocycles. The minimum absolute atomic E-state index is 0.705. The summed E-state index contributed by atoms with van der Waals surface area (Å²) < 4.78 is 1.66. The van der Waals surface area contributed by atoms with E-state index in [9.17, 15) is 0 Å². The van der Waals surface area contributed by atoms with Gasteiger partial charge < -0.3 is 5.73 Å². The average Bonchev–Trinajstić information content (AvgIpc) is 2.61. The van der Waals surface area contributed by atoms with E-state index in [0.29, 0.717) is 5.69 Å². The first-order valence-corrected chi connectivity index (χ1v) is 3.98. The number of anilines is 1. The van der Waals surface area contributed by atoms with Crippen LogP contribution in [0.3, 0.4) is 0 Å². The number of benzene rings is 1. The normalized spacial score (nSPS) is 10.2. The third kappa shape index (κ3) is 1.38. The molecule has 0 unspecified atom stereocenters. The summed E-state index contributed by atoms with van der Waals surface area (Å²) in [6.07, 6.45) is 3.12. The van der Waals surface area contributed by atoms with Crippen molar-refractivity contribution in [2.45, 2.75) is 6.92 Å². The van der Waals surface area contributed by atoms with Crippen molar-refractivity contribution in [1.29, 1.82) is 0 Å². The molecule has 0 spiro atoms. The molecule has 1 aromatic carbocycles. The van der Waals surface area contributed by atoms with Gasteiger partial charge in [-0.2, -0.15) is 5.10 Å². The van der Waals surface area contributed by atoms with Gasteiger partial charge >= 0.3 is 0 Å². The third-order valence-corrected chi connectivity index (χ3v) is 1.85. The third-order valence-electron chi connectivity index (χ3n) is 1.85. The highest BCUT2D eigenvalue weighted by molar-refractivity contribution is 5.58. The molecule has 2 aromatic rings. The van der Waals surface area contributed by atoms with E-state index < -0.39 is 0 Å². The second-order valence-corrected chi connectivity index (χ2v) is 2.90. The summed E-state index contributed by atoms with van der Waals surface area (Å²) in [5.74, 6) is 0. The molecular weight excluding hydrogens is 164 g/mol. The number of rotatable bonds is 1. The van der Waals surface area contributed by atoms with Gasteiger partial charge in [0.1, 0.15) is 12.7 Å². The topological polar surface area (TPSA) is 56.7 Å². The Bertz CT molecular complexity index is 406. The molecule has 0 atom stereocenters. The van der Waals surface area contributed by atoms with E-state index in [-0.39, 0.29) is 0 Å². The average molecular weight is 174 g/mol. The molecule has 4 heteroatoms. The molecule has 4 nitrogen and oxygen atoms in total. The van der Waals surface area contributed by atoms with Crippen LogP contribution >= 0.6 is 0 Å². The van der Waals surface area contributed by atoms with E-state index in [4.69, 9.17) is 5.73 Å². The Morgan fingerprint density at radius 1 is 1.38 bits per heavy atom. The summed E-state index contributed by atoms with van der Waals surface area (Å²) in [5, 5.41) is 4.01. The lowest BCUT2D eigenvalue weighted by Crippen LogP contribution is -2.00. The maximum Gasteiger partial charge on any atom is 0.138 e. The van der Waals surface area contributed by atoms with Gasteiger partial charge in [-0.05, 0) is 24.6 Å². The van der Waals surface area contributed by atoms with Crippen LogP contribution in [0, 0.1) is 6.92 Å². The first kappa shape index (κ1) is 7.79. The van der Waals surface area contributed by atoms with E-state index >= 15 is 0 Å². The van der Waals surface area contributed by atoms with Gasteiger partial charge in [0.05, 0.1) is 11.4 Å². The fraction of sp³-hybridized carbons (Fsp3) is 0.111.